The molecule has 1 amide bonds. The highest BCUT2D eigenvalue weighted by atomic mass is 16.5. The summed E-state index contributed by atoms with van der Waals surface area (Å²) >= 11 is 0. The van der Waals surface area contributed by atoms with E-state index in [0.29, 0.717) is 0 Å². The van der Waals surface area contributed by atoms with Crippen molar-refractivity contribution in [1.29, 1.82) is 0 Å². The third kappa shape index (κ3) is 5.14. The molecule has 0 aliphatic heterocycles. The van der Waals surface area contributed by atoms with Gasteiger partial charge in [-0.3, -0.25) is 4.79 Å². The monoisotopic (exact) mass is 271 g/mol. The van der Waals surface area contributed by atoms with E-state index in [4.69, 9.17) is 4.74 Å². The number of hydrogen-bond donors (Lipinski definition) is 1. The molecule has 0 bridgehead atoms. The van der Waals surface area contributed by atoms with Gasteiger partial charge in [-0.15, -0.1) is 0 Å². The van der Waals surface area contributed by atoms with E-state index < -0.39 is 0 Å². The molecule has 0 fully saturated rings. The minimum Gasteiger partial charge on any atom is -0.457 e. The maximum absolute atomic E-state index is 10.9. The zero-order valence-corrected chi connectivity index (χ0v) is 12.4. The van der Waals surface area contributed by atoms with Gasteiger partial charge in [-0.1, -0.05) is 31.5 Å². The van der Waals surface area contributed by atoms with E-state index in [1.807, 2.05) is 69.3 Å². The van der Waals surface area contributed by atoms with Crippen LogP contribution in [0.2, 0.25) is 0 Å². The summed E-state index contributed by atoms with van der Waals surface area (Å²) < 4.78 is 5.68. The summed E-state index contributed by atoms with van der Waals surface area (Å²) in [6.45, 7) is 7.52. The van der Waals surface area contributed by atoms with Gasteiger partial charge in [-0.25, -0.2) is 0 Å². The number of nitrogens with one attached hydrogen (secondary N) is 1. The van der Waals surface area contributed by atoms with Crippen molar-refractivity contribution in [3.63, 3.8) is 0 Å². The quantitative estimate of drug-likeness (QED) is 0.873. The number of benzene rings is 2. The van der Waals surface area contributed by atoms with Crippen molar-refractivity contribution >= 4 is 11.6 Å². The molecule has 3 heteroatoms. The van der Waals surface area contributed by atoms with Crippen molar-refractivity contribution in [3.8, 4) is 11.5 Å². The minimum atomic E-state index is -0.0813. The van der Waals surface area contributed by atoms with Crippen LogP contribution >= 0.6 is 0 Å². The molecular weight excluding hydrogens is 250 g/mol. The fraction of sp³-hybridized carbons (Fsp3) is 0.235. The Morgan fingerprint density at radius 3 is 1.80 bits per heavy atom. The van der Waals surface area contributed by atoms with Gasteiger partial charge in [0.15, 0.2) is 0 Å². The SMILES string of the molecule is CC.CC(=O)Nc1ccc(Oc2ccc(C)cc2)cc1. The summed E-state index contributed by atoms with van der Waals surface area (Å²) in [5, 5.41) is 2.71. The first-order chi connectivity index (χ1) is 9.63. The predicted molar refractivity (Wildman–Crippen MR) is 83.3 cm³/mol. The van der Waals surface area contributed by atoms with Crippen LogP contribution in [0, 0.1) is 6.92 Å². The molecule has 0 saturated carbocycles. The fourth-order valence-corrected chi connectivity index (χ4v) is 1.55. The molecule has 0 atom stereocenters. The maximum atomic E-state index is 10.9. The largest absolute Gasteiger partial charge is 0.457 e. The Labute approximate surface area is 120 Å². The second kappa shape index (κ2) is 8.00. The Kier molecular flexibility index (Phi) is 6.30. The van der Waals surface area contributed by atoms with Gasteiger partial charge < -0.3 is 10.1 Å². The normalized spacial score (nSPS) is 9.20. The zero-order chi connectivity index (χ0) is 15.0. The molecule has 0 aromatic heterocycles. The molecule has 2 rings (SSSR count). The Bertz CT molecular complexity index is 530. The molecule has 106 valence electrons. The third-order valence-corrected chi connectivity index (χ3v) is 2.43. The van der Waals surface area contributed by atoms with Crippen LogP contribution < -0.4 is 10.1 Å². The zero-order valence-electron chi connectivity index (χ0n) is 12.4. The maximum Gasteiger partial charge on any atom is 0.221 e. The van der Waals surface area contributed by atoms with Crippen molar-refractivity contribution in [3.05, 3.63) is 54.1 Å². The van der Waals surface area contributed by atoms with E-state index in [2.05, 4.69) is 5.32 Å². The highest BCUT2D eigenvalue weighted by Gasteiger charge is 1.98. The standard InChI is InChI=1S/C15H15NO2.C2H6/c1-11-3-7-14(8-4-11)18-15-9-5-13(6-10-15)16-12(2)17;1-2/h3-10H,1-2H3,(H,16,17);1-2H3. The summed E-state index contributed by atoms with van der Waals surface area (Å²) in [4.78, 5) is 10.9. The first kappa shape index (κ1) is 15.8. The summed E-state index contributed by atoms with van der Waals surface area (Å²) in [5.41, 5.74) is 1.96. The summed E-state index contributed by atoms with van der Waals surface area (Å²) in [5.74, 6) is 1.46. The molecule has 0 radical (unpaired) electrons. The summed E-state index contributed by atoms with van der Waals surface area (Å²) in [6.07, 6.45) is 0. The molecule has 20 heavy (non-hydrogen) atoms. The van der Waals surface area contributed by atoms with Crippen molar-refractivity contribution in [2.75, 3.05) is 5.32 Å². The molecule has 2 aromatic rings. The Morgan fingerprint density at radius 1 is 0.900 bits per heavy atom. The van der Waals surface area contributed by atoms with Crippen molar-refractivity contribution < 1.29 is 9.53 Å². The lowest BCUT2D eigenvalue weighted by Gasteiger charge is -2.07. The number of carbonyl (C=O) groups excluding carboxylic acids is 1. The van der Waals surface area contributed by atoms with Gasteiger partial charge in [0.05, 0.1) is 0 Å². The van der Waals surface area contributed by atoms with Gasteiger partial charge in [0.2, 0.25) is 5.91 Å². The van der Waals surface area contributed by atoms with E-state index in [-0.39, 0.29) is 5.91 Å². The van der Waals surface area contributed by atoms with Crippen LogP contribution in [0.25, 0.3) is 0 Å². The first-order valence-electron chi connectivity index (χ1n) is 6.76. The lowest BCUT2D eigenvalue weighted by atomic mass is 10.2. The predicted octanol–water partition coefficient (Wildman–Crippen LogP) is 4.77. The van der Waals surface area contributed by atoms with Crippen LogP contribution in [-0.4, -0.2) is 5.91 Å². The van der Waals surface area contributed by atoms with Gasteiger partial charge in [0.1, 0.15) is 11.5 Å². The molecule has 0 unspecified atom stereocenters. The molecule has 0 heterocycles. The number of hydrogen-bond acceptors (Lipinski definition) is 2. The molecule has 0 saturated heterocycles. The summed E-state index contributed by atoms with van der Waals surface area (Å²) in [7, 11) is 0. The minimum absolute atomic E-state index is 0.0813. The first-order valence-corrected chi connectivity index (χ1v) is 6.76. The van der Waals surface area contributed by atoms with Gasteiger partial charge >= 0.3 is 0 Å². The molecule has 3 nitrogen and oxygen atoms in total. The number of rotatable bonds is 3. The van der Waals surface area contributed by atoms with E-state index in [1.54, 1.807) is 0 Å². The number of amides is 1. The molecule has 0 aliphatic carbocycles. The molecular formula is C17H21NO2. The highest BCUT2D eigenvalue weighted by Crippen LogP contribution is 2.23. The van der Waals surface area contributed by atoms with Crippen LogP contribution in [0.3, 0.4) is 0 Å². The lowest BCUT2D eigenvalue weighted by Crippen LogP contribution is -2.05. The molecule has 2 aromatic carbocycles. The van der Waals surface area contributed by atoms with Crippen molar-refractivity contribution in [2.45, 2.75) is 27.7 Å². The average Bonchev–Trinajstić information content (AvgIpc) is 2.45. The number of anilines is 1. The van der Waals surface area contributed by atoms with Gasteiger partial charge in [0, 0.05) is 12.6 Å². The van der Waals surface area contributed by atoms with E-state index >= 15 is 0 Å². The van der Waals surface area contributed by atoms with Gasteiger partial charge in [-0.05, 0) is 43.3 Å². The van der Waals surface area contributed by atoms with E-state index in [1.165, 1.54) is 12.5 Å². The average molecular weight is 271 g/mol. The van der Waals surface area contributed by atoms with Gasteiger partial charge in [-0.2, -0.15) is 0 Å². The van der Waals surface area contributed by atoms with E-state index in [0.717, 1.165) is 17.2 Å². The van der Waals surface area contributed by atoms with Crippen molar-refractivity contribution in [2.24, 2.45) is 0 Å². The fourth-order valence-electron chi connectivity index (χ4n) is 1.55. The number of ether oxygens (including phenoxy) is 1. The lowest BCUT2D eigenvalue weighted by molar-refractivity contribution is -0.114. The smallest absolute Gasteiger partial charge is 0.221 e. The second-order valence-electron chi connectivity index (χ2n) is 4.12. The Hall–Kier alpha value is -2.29. The number of aryl methyl sites for hydroxylation is 1. The van der Waals surface area contributed by atoms with Crippen LogP contribution in [0.15, 0.2) is 48.5 Å². The Balaban J connectivity index is 0.000000956. The van der Waals surface area contributed by atoms with Crippen LogP contribution in [0.4, 0.5) is 5.69 Å². The second-order valence-corrected chi connectivity index (χ2v) is 4.12. The highest BCUT2D eigenvalue weighted by molar-refractivity contribution is 5.88. The summed E-state index contributed by atoms with van der Waals surface area (Å²) in [6, 6.07) is 15.1. The molecule has 0 aliphatic rings. The van der Waals surface area contributed by atoms with Crippen molar-refractivity contribution in [1.82, 2.24) is 0 Å². The van der Waals surface area contributed by atoms with E-state index in [9.17, 15) is 4.79 Å². The van der Waals surface area contributed by atoms with Crippen LogP contribution in [0.5, 0.6) is 11.5 Å². The van der Waals surface area contributed by atoms with Crippen LogP contribution in [-0.2, 0) is 4.79 Å². The Morgan fingerprint density at radius 2 is 1.35 bits per heavy atom. The molecule has 1 N–H and O–H groups in total. The van der Waals surface area contributed by atoms with Gasteiger partial charge in [0.25, 0.3) is 0 Å². The third-order valence-electron chi connectivity index (χ3n) is 2.43. The van der Waals surface area contributed by atoms with Crippen LogP contribution in [0.1, 0.15) is 26.3 Å². The molecule has 0 spiro atoms. The number of carbonyl (C=O) groups is 1. The topological polar surface area (TPSA) is 38.3 Å².